The maximum Gasteiger partial charge on any atom is 0.148 e. The minimum Gasteiger partial charge on any atom is -0.482 e. The van der Waals surface area contributed by atoms with Gasteiger partial charge in [-0.1, -0.05) is 11.6 Å². The van der Waals surface area contributed by atoms with Crippen LogP contribution in [0.15, 0.2) is 35.1 Å². The number of hydrogen-bond acceptors (Lipinski definition) is 4. The molecule has 2 N–H and O–H groups in total. The van der Waals surface area contributed by atoms with Gasteiger partial charge in [0.2, 0.25) is 0 Å². The summed E-state index contributed by atoms with van der Waals surface area (Å²) < 4.78 is 7.49. The Morgan fingerprint density at radius 2 is 2.22 bits per heavy atom. The fourth-order valence-corrected chi connectivity index (χ4v) is 3.06. The molecule has 18 heavy (non-hydrogen) atoms. The van der Waals surface area contributed by atoms with Crippen LogP contribution in [0.4, 0.5) is 0 Å². The van der Waals surface area contributed by atoms with Crippen LogP contribution in [0.3, 0.4) is 0 Å². The summed E-state index contributed by atoms with van der Waals surface area (Å²) in [5.41, 5.74) is 5.97. The lowest BCUT2D eigenvalue weighted by Crippen LogP contribution is -2.28. The zero-order chi connectivity index (χ0) is 13.1. The summed E-state index contributed by atoms with van der Waals surface area (Å²) in [6.07, 6.45) is 3.14. The zero-order valence-corrected chi connectivity index (χ0v) is 12.8. The molecule has 0 aliphatic carbocycles. The third-order valence-electron chi connectivity index (χ3n) is 2.29. The van der Waals surface area contributed by atoms with Crippen molar-refractivity contribution in [3.63, 3.8) is 0 Å². The maximum atomic E-state index is 5.97. The van der Waals surface area contributed by atoms with Crippen molar-refractivity contribution in [2.24, 2.45) is 5.73 Å². The molecule has 0 fully saturated rings. The summed E-state index contributed by atoms with van der Waals surface area (Å²) in [5, 5.41) is 0. The highest BCUT2D eigenvalue weighted by molar-refractivity contribution is 9.10. The summed E-state index contributed by atoms with van der Waals surface area (Å²) in [4.78, 5) is 5.07. The number of nitrogens with zero attached hydrogens (tertiary/aromatic N) is 1. The molecule has 6 heteroatoms. The van der Waals surface area contributed by atoms with Gasteiger partial charge in [-0.2, -0.15) is 0 Å². The molecule has 2 heterocycles. The molecule has 0 saturated heterocycles. The monoisotopic (exact) mass is 346 g/mol. The third kappa shape index (κ3) is 3.45. The molecule has 2 aromatic rings. The van der Waals surface area contributed by atoms with Gasteiger partial charge >= 0.3 is 0 Å². The lowest BCUT2D eigenvalue weighted by molar-refractivity contribution is 0.183. The summed E-state index contributed by atoms with van der Waals surface area (Å²) in [6.45, 7) is 1.91. The van der Waals surface area contributed by atoms with Crippen molar-refractivity contribution in [1.82, 2.24) is 4.98 Å². The first-order valence-corrected chi connectivity index (χ1v) is 7.33. The van der Waals surface area contributed by atoms with E-state index in [0.717, 1.165) is 13.7 Å². The van der Waals surface area contributed by atoms with E-state index < -0.39 is 0 Å². The molecule has 0 aliphatic rings. The molecule has 2 rings (SSSR count). The number of hydrogen-bond donors (Lipinski definition) is 1. The lowest BCUT2D eigenvalue weighted by atomic mass is 10.1. The predicted molar refractivity (Wildman–Crippen MR) is 78.3 cm³/mol. The van der Waals surface area contributed by atoms with Crippen molar-refractivity contribution in [1.29, 1.82) is 0 Å². The summed E-state index contributed by atoms with van der Waals surface area (Å²) in [6, 6.07) is 5.50. The molecule has 2 aromatic heterocycles. The Kier molecular flexibility index (Phi) is 4.61. The van der Waals surface area contributed by atoms with Crippen LogP contribution in [0.1, 0.15) is 17.9 Å². The van der Waals surface area contributed by atoms with Crippen molar-refractivity contribution < 1.29 is 4.74 Å². The van der Waals surface area contributed by atoms with E-state index in [9.17, 15) is 0 Å². The second-order valence-electron chi connectivity index (χ2n) is 3.88. The van der Waals surface area contributed by atoms with E-state index in [1.165, 1.54) is 11.3 Å². The van der Waals surface area contributed by atoms with Crippen molar-refractivity contribution in [3.05, 3.63) is 44.3 Å². The van der Waals surface area contributed by atoms with E-state index in [0.29, 0.717) is 5.75 Å². The molecule has 0 aliphatic heterocycles. The lowest BCUT2D eigenvalue weighted by Gasteiger charge is -2.21. The van der Waals surface area contributed by atoms with Gasteiger partial charge in [-0.05, 0) is 41.1 Å². The first-order chi connectivity index (χ1) is 8.56. The maximum absolute atomic E-state index is 5.97. The molecular formula is C12H12BrClN2OS. The van der Waals surface area contributed by atoms with Crippen LogP contribution in [0, 0.1) is 0 Å². The zero-order valence-electron chi connectivity index (χ0n) is 9.64. The molecule has 3 nitrogen and oxygen atoms in total. The Balaban J connectivity index is 2.22. The van der Waals surface area contributed by atoms with Crippen LogP contribution in [-0.2, 0) is 0 Å². The van der Waals surface area contributed by atoms with E-state index in [4.69, 9.17) is 22.1 Å². The van der Waals surface area contributed by atoms with Gasteiger partial charge in [-0.25, -0.2) is 0 Å². The molecule has 0 bridgehead atoms. The predicted octanol–water partition coefficient (Wildman–Crippen LogP) is 4.03. The van der Waals surface area contributed by atoms with Crippen molar-refractivity contribution in [2.75, 3.05) is 0 Å². The minimum atomic E-state index is -0.224. The van der Waals surface area contributed by atoms with Gasteiger partial charge in [-0.3, -0.25) is 4.98 Å². The fourth-order valence-electron chi connectivity index (χ4n) is 1.51. The topological polar surface area (TPSA) is 48.1 Å². The Bertz CT molecular complexity index is 532. The van der Waals surface area contributed by atoms with E-state index in [1.54, 1.807) is 12.4 Å². The standard InChI is InChI=1S/C12H12BrClN2OS/c1-7(15)12(10-2-3-11(14)18-10)17-9-4-8(13)5-16-6-9/h2-7,12H,15H2,1H3. The molecule has 0 spiro atoms. The highest BCUT2D eigenvalue weighted by atomic mass is 79.9. The molecular weight excluding hydrogens is 336 g/mol. The van der Waals surface area contributed by atoms with Gasteiger partial charge < -0.3 is 10.5 Å². The van der Waals surface area contributed by atoms with Crippen LogP contribution in [0.2, 0.25) is 4.34 Å². The number of thiophene rings is 1. The van der Waals surface area contributed by atoms with E-state index in [2.05, 4.69) is 20.9 Å². The number of pyridine rings is 1. The Hall–Kier alpha value is -0.620. The van der Waals surface area contributed by atoms with Crippen LogP contribution in [0.25, 0.3) is 0 Å². The van der Waals surface area contributed by atoms with Gasteiger partial charge in [0, 0.05) is 21.6 Å². The van der Waals surface area contributed by atoms with Gasteiger partial charge in [-0.15, -0.1) is 11.3 Å². The first-order valence-electron chi connectivity index (χ1n) is 5.34. The largest absolute Gasteiger partial charge is 0.482 e. The molecule has 2 atom stereocenters. The van der Waals surface area contributed by atoms with Crippen LogP contribution in [0.5, 0.6) is 5.75 Å². The van der Waals surface area contributed by atoms with Crippen molar-refractivity contribution in [2.45, 2.75) is 19.1 Å². The summed E-state index contributed by atoms with van der Waals surface area (Å²) in [5.74, 6) is 0.677. The van der Waals surface area contributed by atoms with Crippen LogP contribution in [-0.4, -0.2) is 11.0 Å². The van der Waals surface area contributed by atoms with Crippen molar-refractivity contribution >= 4 is 38.9 Å². The average Bonchev–Trinajstić information content (AvgIpc) is 2.72. The van der Waals surface area contributed by atoms with Gasteiger partial charge in [0.25, 0.3) is 0 Å². The van der Waals surface area contributed by atoms with Gasteiger partial charge in [0.05, 0.1) is 10.5 Å². The SMILES string of the molecule is CC(N)C(Oc1cncc(Br)c1)c1ccc(Cl)s1. The Morgan fingerprint density at radius 3 is 2.78 bits per heavy atom. The van der Waals surface area contributed by atoms with Crippen LogP contribution < -0.4 is 10.5 Å². The molecule has 96 valence electrons. The number of nitrogens with two attached hydrogens (primary N) is 1. The van der Waals surface area contributed by atoms with E-state index >= 15 is 0 Å². The van der Waals surface area contributed by atoms with Gasteiger partial charge in [0.1, 0.15) is 11.9 Å². The summed E-state index contributed by atoms with van der Waals surface area (Å²) >= 11 is 10.8. The number of rotatable bonds is 4. The quantitative estimate of drug-likeness (QED) is 0.908. The minimum absolute atomic E-state index is 0.140. The molecule has 0 amide bonds. The average molecular weight is 348 g/mol. The van der Waals surface area contributed by atoms with Crippen LogP contribution >= 0.6 is 38.9 Å². The third-order valence-corrected chi connectivity index (χ3v) is 4.02. The summed E-state index contributed by atoms with van der Waals surface area (Å²) in [7, 11) is 0. The Morgan fingerprint density at radius 1 is 1.44 bits per heavy atom. The second-order valence-corrected chi connectivity index (χ2v) is 6.54. The normalized spacial score (nSPS) is 14.2. The van der Waals surface area contributed by atoms with E-state index in [1.807, 2.05) is 25.1 Å². The second kappa shape index (κ2) is 6.02. The Labute approximate surface area is 123 Å². The highest BCUT2D eigenvalue weighted by Gasteiger charge is 2.20. The highest BCUT2D eigenvalue weighted by Crippen LogP contribution is 2.32. The number of halogens is 2. The van der Waals surface area contributed by atoms with E-state index in [-0.39, 0.29) is 12.1 Å². The molecule has 0 aromatic carbocycles. The molecule has 0 saturated carbocycles. The molecule has 2 unspecified atom stereocenters. The van der Waals surface area contributed by atoms with Crippen molar-refractivity contribution in [3.8, 4) is 5.75 Å². The molecule has 0 radical (unpaired) electrons. The first kappa shape index (κ1) is 13.8. The number of aromatic nitrogens is 1. The van der Waals surface area contributed by atoms with Gasteiger partial charge in [0.15, 0.2) is 0 Å². The number of ether oxygens (including phenoxy) is 1. The fraction of sp³-hybridized carbons (Fsp3) is 0.250. The smallest absolute Gasteiger partial charge is 0.148 e.